The minimum Gasteiger partial charge on any atom is -0.440 e. The highest BCUT2D eigenvalue weighted by atomic mass is 35.5. The van der Waals surface area contributed by atoms with Crippen LogP contribution >= 0.6 is 11.6 Å². The Kier molecular flexibility index (Phi) is 4.41. The molecule has 1 atom stereocenters. The van der Waals surface area contributed by atoms with Gasteiger partial charge in [-0.3, -0.25) is 0 Å². The average Bonchev–Trinajstić information content (AvgIpc) is 2.97. The second-order valence-corrected chi connectivity index (χ2v) is 5.50. The second kappa shape index (κ2) is 6.48. The zero-order valence-electron chi connectivity index (χ0n) is 12.0. The molecule has 1 aromatic heterocycles. The van der Waals surface area contributed by atoms with Crippen molar-refractivity contribution in [1.29, 1.82) is 0 Å². The van der Waals surface area contributed by atoms with Crippen molar-refractivity contribution in [3.05, 3.63) is 76.6 Å². The molecule has 0 saturated heterocycles. The SMILES string of the molecule is NCC(c1cc(F)cc(F)c1)c1cnc(-c2ccc(Cl)cc2)o1. The third-order valence-electron chi connectivity index (χ3n) is 3.48. The maximum Gasteiger partial charge on any atom is 0.226 e. The van der Waals surface area contributed by atoms with Gasteiger partial charge in [-0.2, -0.15) is 0 Å². The Labute approximate surface area is 136 Å². The topological polar surface area (TPSA) is 52.0 Å². The highest BCUT2D eigenvalue weighted by Crippen LogP contribution is 2.29. The lowest BCUT2D eigenvalue weighted by molar-refractivity contribution is 0.492. The largest absolute Gasteiger partial charge is 0.440 e. The molecule has 0 aliphatic rings. The van der Waals surface area contributed by atoms with Crippen molar-refractivity contribution in [2.75, 3.05) is 6.54 Å². The molecule has 3 rings (SSSR count). The molecule has 23 heavy (non-hydrogen) atoms. The maximum absolute atomic E-state index is 13.4. The zero-order chi connectivity index (χ0) is 16.4. The first-order valence-electron chi connectivity index (χ1n) is 6.94. The zero-order valence-corrected chi connectivity index (χ0v) is 12.7. The fourth-order valence-electron chi connectivity index (χ4n) is 2.37. The van der Waals surface area contributed by atoms with Crippen molar-refractivity contribution >= 4 is 11.6 Å². The van der Waals surface area contributed by atoms with E-state index in [1.165, 1.54) is 18.3 Å². The van der Waals surface area contributed by atoms with Gasteiger partial charge in [0.15, 0.2) is 0 Å². The molecule has 0 spiro atoms. The first-order chi connectivity index (χ1) is 11.1. The van der Waals surface area contributed by atoms with Crippen LogP contribution in [0.25, 0.3) is 11.5 Å². The quantitative estimate of drug-likeness (QED) is 0.771. The first-order valence-corrected chi connectivity index (χ1v) is 7.32. The molecule has 3 nitrogen and oxygen atoms in total. The summed E-state index contributed by atoms with van der Waals surface area (Å²) in [4.78, 5) is 4.20. The number of hydrogen-bond donors (Lipinski definition) is 1. The van der Waals surface area contributed by atoms with Crippen molar-refractivity contribution in [2.24, 2.45) is 5.73 Å². The van der Waals surface area contributed by atoms with E-state index in [0.717, 1.165) is 11.6 Å². The van der Waals surface area contributed by atoms with Crippen molar-refractivity contribution in [1.82, 2.24) is 4.98 Å². The lowest BCUT2D eigenvalue weighted by atomic mass is 9.97. The second-order valence-electron chi connectivity index (χ2n) is 5.07. The lowest BCUT2D eigenvalue weighted by Gasteiger charge is -2.12. The predicted molar refractivity (Wildman–Crippen MR) is 84.2 cm³/mol. The van der Waals surface area contributed by atoms with Crippen LogP contribution in [0.5, 0.6) is 0 Å². The van der Waals surface area contributed by atoms with E-state index in [4.69, 9.17) is 21.8 Å². The summed E-state index contributed by atoms with van der Waals surface area (Å²) in [5.41, 5.74) is 6.91. The van der Waals surface area contributed by atoms with E-state index in [9.17, 15) is 8.78 Å². The Bertz CT molecular complexity index is 797. The monoisotopic (exact) mass is 334 g/mol. The maximum atomic E-state index is 13.4. The summed E-state index contributed by atoms with van der Waals surface area (Å²) in [6.45, 7) is 0.137. The molecular formula is C17H13ClF2N2O. The molecule has 3 aromatic rings. The Balaban J connectivity index is 1.95. The van der Waals surface area contributed by atoms with Gasteiger partial charge in [0, 0.05) is 23.2 Å². The van der Waals surface area contributed by atoms with Gasteiger partial charge in [-0.1, -0.05) is 11.6 Å². The molecule has 0 amide bonds. The van der Waals surface area contributed by atoms with Crippen molar-refractivity contribution in [3.8, 4) is 11.5 Å². The molecule has 0 bridgehead atoms. The van der Waals surface area contributed by atoms with Gasteiger partial charge in [-0.05, 0) is 42.0 Å². The van der Waals surface area contributed by atoms with Crippen LogP contribution in [0.1, 0.15) is 17.2 Å². The molecular weight excluding hydrogens is 322 g/mol. The molecule has 2 N–H and O–H groups in total. The Morgan fingerprint density at radius 1 is 1.09 bits per heavy atom. The lowest BCUT2D eigenvalue weighted by Crippen LogP contribution is -2.13. The summed E-state index contributed by atoms with van der Waals surface area (Å²) in [6, 6.07) is 10.3. The summed E-state index contributed by atoms with van der Waals surface area (Å²) in [6.07, 6.45) is 1.52. The number of aromatic nitrogens is 1. The Morgan fingerprint density at radius 3 is 2.35 bits per heavy atom. The van der Waals surface area contributed by atoms with E-state index in [1.807, 2.05) is 0 Å². The van der Waals surface area contributed by atoms with Crippen LogP contribution in [0, 0.1) is 11.6 Å². The average molecular weight is 335 g/mol. The predicted octanol–water partition coefficient (Wildman–Crippen LogP) is 4.36. The van der Waals surface area contributed by atoms with Crippen LogP contribution < -0.4 is 5.73 Å². The highest BCUT2D eigenvalue weighted by molar-refractivity contribution is 6.30. The van der Waals surface area contributed by atoms with E-state index < -0.39 is 17.6 Å². The van der Waals surface area contributed by atoms with Gasteiger partial charge in [0.05, 0.1) is 12.1 Å². The normalized spacial score (nSPS) is 12.3. The van der Waals surface area contributed by atoms with E-state index in [2.05, 4.69) is 4.98 Å². The number of benzene rings is 2. The fraction of sp³-hybridized carbons (Fsp3) is 0.118. The number of rotatable bonds is 4. The van der Waals surface area contributed by atoms with Crippen molar-refractivity contribution < 1.29 is 13.2 Å². The number of halogens is 3. The van der Waals surface area contributed by atoms with Gasteiger partial charge in [-0.25, -0.2) is 13.8 Å². The van der Waals surface area contributed by atoms with Crippen LogP contribution in [0.3, 0.4) is 0 Å². The first kappa shape index (κ1) is 15.6. The van der Waals surface area contributed by atoms with Crippen LogP contribution in [0.2, 0.25) is 5.02 Å². The molecule has 2 aromatic carbocycles. The smallest absolute Gasteiger partial charge is 0.226 e. The summed E-state index contributed by atoms with van der Waals surface area (Å²) >= 11 is 5.85. The molecule has 0 fully saturated rings. The molecule has 6 heteroatoms. The van der Waals surface area contributed by atoms with Crippen LogP contribution in [-0.4, -0.2) is 11.5 Å². The van der Waals surface area contributed by atoms with Gasteiger partial charge >= 0.3 is 0 Å². The number of nitrogens with zero attached hydrogens (tertiary/aromatic N) is 1. The summed E-state index contributed by atoms with van der Waals surface area (Å²) in [7, 11) is 0. The standard InChI is InChI=1S/C17H13ClF2N2O/c18-12-3-1-10(2-4-12)17-22-9-16(23-17)15(8-21)11-5-13(19)7-14(20)6-11/h1-7,9,15H,8,21H2. The van der Waals surface area contributed by atoms with Crippen LogP contribution in [-0.2, 0) is 0 Å². The minimum absolute atomic E-state index is 0.137. The summed E-state index contributed by atoms with van der Waals surface area (Å²) in [5.74, 6) is -0.949. The van der Waals surface area contributed by atoms with Gasteiger partial charge in [0.25, 0.3) is 0 Å². The number of nitrogens with two attached hydrogens (primary N) is 1. The third-order valence-corrected chi connectivity index (χ3v) is 3.73. The number of hydrogen-bond acceptors (Lipinski definition) is 3. The molecule has 1 heterocycles. The van der Waals surface area contributed by atoms with E-state index in [1.54, 1.807) is 24.3 Å². The number of oxazole rings is 1. The van der Waals surface area contributed by atoms with E-state index >= 15 is 0 Å². The molecule has 118 valence electrons. The molecule has 0 saturated carbocycles. The molecule has 1 unspecified atom stereocenters. The summed E-state index contributed by atoms with van der Waals surface area (Å²) < 4.78 is 32.5. The van der Waals surface area contributed by atoms with Crippen molar-refractivity contribution in [2.45, 2.75) is 5.92 Å². The fourth-order valence-corrected chi connectivity index (χ4v) is 2.49. The van der Waals surface area contributed by atoms with Gasteiger partial charge in [-0.15, -0.1) is 0 Å². The van der Waals surface area contributed by atoms with Crippen LogP contribution in [0.15, 0.2) is 53.1 Å². The van der Waals surface area contributed by atoms with Gasteiger partial charge < -0.3 is 10.2 Å². The van der Waals surface area contributed by atoms with Gasteiger partial charge in [0.1, 0.15) is 17.4 Å². The minimum atomic E-state index is -0.657. The van der Waals surface area contributed by atoms with Gasteiger partial charge in [0.2, 0.25) is 5.89 Å². The summed E-state index contributed by atoms with van der Waals surface area (Å²) in [5, 5.41) is 0.607. The Hall–Kier alpha value is -2.24. The molecule has 0 aliphatic heterocycles. The molecule has 0 aliphatic carbocycles. The van der Waals surface area contributed by atoms with E-state index in [-0.39, 0.29) is 6.54 Å². The van der Waals surface area contributed by atoms with Crippen LogP contribution in [0.4, 0.5) is 8.78 Å². The molecule has 0 radical (unpaired) electrons. The van der Waals surface area contributed by atoms with E-state index in [0.29, 0.717) is 22.2 Å². The Morgan fingerprint density at radius 2 is 1.74 bits per heavy atom. The van der Waals surface area contributed by atoms with Crippen molar-refractivity contribution in [3.63, 3.8) is 0 Å². The third kappa shape index (κ3) is 3.41. The highest BCUT2D eigenvalue weighted by Gasteiger charge is 2.19.